The predicted molar refractivity (Wildman–Crippen MR) is 135 cm³/mol. The molecule has 0 radical (unpaired) electrons. The Bertz CT molecular complexity index is 1300. The summed E-state index contributed by atoms with van der Waals surface area (Å²) in [6.07, 6.45) is 1.97. The van der Waals surface area contributed by atoms with Crippen LogP contribution in [0.25, 0.3) is 11.1 Å². The number of fused-ring (bicyclic) bond motifs is 1. The van der Waals surface area contributed by atoms with Gasteiger partial charge in [-0.25, -0.2) is 4.39 Å². The minimum Gasteiger partial charge on any atom is -0.334 e. The molecule has 0 fully saturated rings. The average molecular weight is 450 g/mol. The lowest BCUT2D eigenvalue weighted by atomic mass is 9.96. The second-order valence-corrected chi connectivity index (χ2v) is 9.16. The number of benzene rings is 4. The molecule has 5 rings (SSSR count). The van der Waals surface area contributed by atoms with E-state index in [4.69, 9.17) is 0 Å². The molecule has 0 N–H and O–H groups in total. The lowest BCUT2D eigenvalue weighted by Gasteiger charge is -2.30. The number of carbonyl (C=O) groups excluding carboxylic acids is 1. The first kappa shape index (κ1) is 22.1. The molecule has 2 nitrogen and oxygen atoms in total. The zero-order valence-electron chi connectivity index (χ0n) is 19.4. The van der Waals surface area contributed by atoms with E-state index in [0.717, 1.165) is 29.5 Å². The Morgan fingerprint density at radius 1 is 0.824 bits per heavy atom. The van der Waals surface area contributed by atoms with Crippen LogP contribution in [-0.4, -0.2) is 16.8 Å². The molecule has 4 aromatic rings. The fourth-order valence-corrected chi connectivity index (χ4v) is 5.07. The highest BCUT2D eigenvalue weighted by molar-refractivity contribution is 5.82. The van der Waals surface area contributed by atoms with Crippen molar-refractivity contribution < 1.29 is 9.18 Å². The number of amides is 1. The summed E-state index contributed by atoms with van der Waals surface area (Å²) in [6.45, 7) is 2.65. The Kier molecular flexibility index (Phi) is 6.27. The molecule has 4 aromatic carbocycles. The second kappa shape index (κ2) is 9.64. The van der Waals surface area contributed by atoms with Crippen LogP contribution in [0.3, 0.4) is 0 Å². The van der Waals surface area contributed by atoms with Gasteiger partial charge in [-0.3, -0.25) is 4.79 Å². The molecule has 0 saturated carbocycles. The number of aryl methyl sites for hydroxylation is 1. The maximum atomic E-state index is 14.6. The van der Waals surface area contributed by atoms with Gasteiger partial charge >= 0.3 is 0 Å². The van der Waals surface area contributed by atoms with Gasteiger partial charge in [-0.1, -0.05) is 96.6 Å². The van der Waals surface area contributed by atoms with E-state index in [1.807, 2.05) is 41.3 Å². The van der Waals surface area contributed by atoms with Crippen molar-refractivity contribution in [2.45, 2.75) is 38.8 Å². The molecule has 34 heavy (non-hydrogen) atoms. The van der Waals surface area contributed by atoms with E-state index in [9.17, 15) is 9.18 Å². The van der Waals surface area contributed by atoms with Gasteiger partial charge in [-0.2, -0.15) is 0 Å². The normalized spacial score (nSPS) is 13.0. The first-order chi connectivity index (χ1) is 16.6. The number of hydrogen-bond acceptors (Lipinski definition) is 1. The largest absolute Gasteiger partial charge is 0.334 e. The van der Waals surface area contributed by atoms with Crippen molar-refractivity contribution in [2.24, 2.45) is 0 Å². The van der Waals surface area contributed by atoms with Crippen molar-refractivity contribution in [2.75, 3.05) is 0 Å². The third-order valence-electron chi connectivity index (χ3n) is 6.75. The van der Waals surface area contributed by atoms with Crippen molar-refractivity contribution >= 4 is 5.91 Å². The Hall–Kier alpha value is -3.72. The fraction of sp³-hybridized carbons (Fsp3) is 0.194. The summed E-state index contributed by atoms with van der Waals surface area (Å²) < 4.78 is 14.6. The minimum atomic E-state index is -0.273. The van der Waals surface area contributed by atoms with Gasteiger partial charge in [0, 0.05) is 18.2 Å². The number of halogens is 1. The molecule has 1 amide bonds. The molecule has 0 heterocycles. The molecule has 1 aliphatic rings. The smallest absolute Gasteiger partial charge is 0.227 e. The lowest BCUT2D eigenvalue weighted by Crippen LogP contribution is -2.41. The van der Waals surface area contributed by atoms with E-state index in [-0.39, 0.29) is 24.2 Å². The van der Waals surface area contributed by atoms with Gasteiger partial charge in [-0.05, 0) is 53.6 Å². The van der Waals surface area contributed by atoms with Crippen LogP contribution in [0.15, 0.2) is 97.1 Å². The summed E-state index contributed by atoms with van der Waals surface area (Å²) in [6, 6.07) is 31.4. The third kappa shape index (κ3) is 4.65. The van der Waals surface area contributed by atoms with Crippen molar-refractivity contribution in [1.29, 1.82) is 0 Å². The van der Waals surface area contributed by atoms with Crippen molar-refractivity contribution in [3.05, 3.63) is 131 Å². The molecule has 0 aromatic heterocycles. The molecule has 3 heteroatoms. The number of carbonyl (C=O) groups is 1. The summed E-state index contributed by atoms with van der Waals surface area (Å²) in [5.74, 6) is -0.201. The summed E-state index contributed by atoms with van der Waals surface area (Å²) in [4.78, 5) is 15.9. The maximum Gasteiger partial charge on any atom is 0.227 e. The van der Waals surface area contributed by atoms with Gasteiger partial charge in [0.25, 0.3) is 0 Å². The summed E-state index contributed by atoms with van der Waals surface area (Å²) in [7, 11) is 0. The van der Waals surface area contributed by atoms with E-state index in [0.29, 0.717) is 12.1 Å². The lowest BCUT2D eigenvalue weighted by molar-refractivity contribution is -0.133. The topological polar surface area (TPSA) is 20.3 Å². The Morgan fingerprint density at radius 3 is 2.18 bits per heavy atom. The fourth-order valence-electron chi connectivity index (χ4n) is 5.07. The summed E-state index contributed by atoms with van der Waals surface area (Å²) >= 11 is 0. The van der Waals surface area contributed by atoms with E-state index in [2.05, 4.69) is 49.4 Å². The van der Waals surface area contributed by atoms with Crippen LogP contribution in [0.2, 0.25) is 0 Å². The van der Waals surface area contributed by atoms with Gasteiger partial charge in [0.15, 0.2) is 0 Å². The quantitative estimate of drug-likeness (QED) is 0.327. The molecule has 1 aliphatic carbocycles. The third-order valence-corrected chi connectivity index (χ3v) is 6.75. The van der Waals surface area contributed by atoms with Crippen LogP contribution >= 0.6 is 0 Å². The van der Waals surface area contributed by atoms with Crippen LogP contribution in [0.1, 0.15) is 27.8 Å². The van der Waals surface area contributed by atoms with Gasteiger partial charge in [-0.15, -0.1) is 0 Å². The second-order valence-electron chi connectivity index (χ2n) is 9.16. The molecule has 0 aliphatic heterocycles. The molecule has 0 bridgehead atoms. The highest BCUT2D eigenvalue weighted by Crippen LogP contribution is 2.30. The Labute approximate surface area is 200 Å². The maximum absolute atomic E-state index is 14.6. The first-order valence-electron chi connectivity index (χ1n) is 11.8. The van der Waals surface area contributed by atoms with Gasteiger partial charge < -0.3 is 4.90 Å². The van der Waals surface area contributed by atoms with Crippen molar-refractivity contribution in [1.82, 2.24) is 4.90 Å². The van der Waals surface area contributed by atoms with Gasteiger partial charge in [0.1, 0.15) is 5.82 Å². The molecule has 170 valence electrons. The van der Waals surface area contributed by atoms with Crippen LogP contribution in [-0.2, 0) is 30.6 Å². The van der Waals surface area contributed by atoms with Crippen LogP contribution < -0.4 is 0 Å². The summed E-state index contributed by atoms with van der Waals surface area (Å²) in [5, 5.41) is 0. The van der Waals surface area contributed by atoms with Crippen LogP contribution in [0.4, 0.5) is 4.39 Å². The molecule has 0 atom stereocenters. The zero-order chi connectivity index (χ0) is 23.5. The summed E-state index contributed by atoms with van der Waals surface area (Å²) in [5.41, 5.74) is 7.12. The van der Waals surface area contributed by atoms with E-state index in [1.165, 1.54) is 22.8 Å². The monoisotopic (exact) mass is 449 g/mol. The van der Waals surface area contributed by atoms with Gasteiger partial charge in [0.05, 0.1) is 6.42 Å². The first-order valence-corrected chi connectivity index (χ1v) is 11.8. The minimum absolute atomic E-state index is 0.0723. The number of nitrogens with zero attached hydrogens (tertiary/aromatic N) is 1. The van der Waals surface area contributed by atoms with Gasteiger partial charge in [0.2, 0.25) is 5.91 Å². The molecule has 0 spiro atoms. The van der Waals surface area contributed by atoms with Crippen LogP contribution in [0.5, 0.6) is 0 Å². The van der Waals surface area contributed by atoms with E-state index < -0.39 is 0 Å². The highest BCUT2D eigenvalue weighted by Gasteiger charge is 2.30. The molecule has 0 saturated heterocycles. The molecular weight excluding hydrogens is 421 g/mol. The van der Waals surface area contributed by atoms with Crippen molar-refractivity contribution in [3.63, 3.8) is 0 Å². The van der Waals surface area contributed by atoms with E-state index in [1.54, 1.807) is 12.1 Å². The van der Waals surface area contributed by atoms with E-state index >= 15 is 0 Å². The number of hydrogen-bond donors (Lipinski definition) is 0. The molecular formula is C31H28FNO. The number of rotatable bonds is 6. The average Bonchev–Trinajstić information content (AvgIpc) is 3.27. The Balaban J connectivity index is 1.45. The zero-order valence-corrected chi connectivity index (χ0v) is 19.4. The van der Waals surface area contributed by atoms with Crippen LogP contribution in [0, 0.1) is 12.7 Å². The molecule has 0 unspecified atom stereocenters. The standard InChI is InChI=1S/C31H28FNO/c1-22-9-8-10-23(17-22)21-33(27-18-24-11-2-3-12-25(24)19-27)31(34)20-26-13-4-5-14-28(26)29-15-6-7-16-30(29)32/h2-17,27H,18-21H2,1H3. The SMILES string of the molecule is Cc1cccc(CN(C(=O)Cc2ccccc2-c2ccccc2F)C2Cc3ccccc3C2)c1. The predicted octanol–water partition coefficient (Wildman–Crippen LogP) is 6.54. The van der Waals surface area contributed by atoms with Crippen molar-refractivity contribution in [3.8, 4) is 11.1 Å². The Morgan fingerprint density at radius 2 is 1.47 bits per heavy atom. The highest BCUT2D eigenvalue weighted by atomic mass is 19.1.